The number of para-hydroxylation sites is 1. The van der Waals surface area contributed by atoms with Crippen LogP contribution >= 0.6 is 11.8 Å². The fraction of sp³-hybridized carbons (Fsp3) is 0. The molecule has 2 aromatic rings. The quantitative estimate of drug-likeness (QED) is 0.462. The van der Waals surface area contributed by atoms with Gasteiger partial charge in [0.25, 0.3) is 0 Å². The molecule has 1 heterocycles. The van der Waals surface area contributed by atoms with Crippen molar-refractivity contribution in [1.82, 2.24) is 0 Å². The fourth-order valence-corrected chi connectivity index (χ4v) is 3.23. The smallest absolute Gasteiger partial charge is 0.744 e. The van der Waals surface area contributed by atoms with Crippen LogP contribution in [0.15, 0.2) is 57.2 Å². The Balaban J connectivity index is 0.00000133. The van der Waals surface area contributed by atoms with Crippen LogP contribution in [0, 0.1) is 0 Å². The molecular weight excluding hydrogens is 295 g/mol. The van der Waals surface area contributed by atoms with Crippen molar-refractivity contribution < 1.29 is 47.3 Å². The average Bonchev–Trinajstić information content (AvgIpc) is 2.34. The van der Waals surface area contributed by atoms with Crippen LogP contribution in [0.2, 0.25) is 0 Å². The van der Waals surface area contributed by atoms with Crippen molar-refractivity contribution in [2.75, 3.05) is 0 Å². The monoisotopic (exact) mass is 302 g/mol. The molecule has 7 heteroatoms. The standard InChI is InChI=1S/C12H8O4S2.Na/c13-18(14,15)8-5-6-10-12(7-8)17-11-4-2-1-3-9(11)16-10;/h1-7H,(H,13,14,15);/q;+1/p-1. The molecule has 4 nitrogen and oxygen atoms in total. The van der Waals surface area contributed by atoms with Gasteiger partial charge in [-0.1, -0.05) is 23.9 Å². The van der Waals surface area contributed by atoms with Gasteiger partial charge in [-0.05, 0) is 30.3 Å². The summed E-state index contributed by atoms with van der Waals surface area (Å²) >= 11 is 1.38. The van der Waals surface area contributed by atoms with E-state index < -0.39 is 10.1 Å². The molecule has 3 rings (SSSR count). The molecule has 92 valence electrons. The zero-order valence-electron chi connectivity index (χ0n) is 9.99. The van der Waals surface area contributed by atoms with E-state index in [1.165, 1.54) is 30.0 Å². The topological polar surface area (TPSA) is 66.4 Å². The molecular formula is C12H7NaO4S2. The van der Waals surface area contributed by atoms with Crippen molar-refractivity contribution in [2.24, 2.45) is 0 Å². The van der Waals surface area contributed by atoms with Gasteiger partial charge in [0.2, 0.25) is 0 Å². The van der Waals surface area contributed by atoms with Crippen LogP contribution in [0.4, 0.5) is 0 Å². The first-order valence-corrected chi connectivity index (χ1v) is 7.31. The van der Waals surface area contributed by atoms with E-state index in [-0.39, 0.29) is 34.5 Å². The summed E-state index contributed by atoms with van der Waals surface area (Å²) in [5.41, 5.74) is 0. The molecule has 0 amide bonds. The van der Waals surface area contributed by atoms with E-state index in [1.807, 2.05) is 24.3 Å². The fourth-order valence-electron chi connectivity index (χ4n) is 1.66. The molecule has 1 aliphatic heterocycles. The van der Waals surface area contributed by atoms with Crippen LogP contribution in [0.3, 0.4) is 0 Å². The van der Waals surface area contributed by atoms with Crippen molar-refractivity contribution >= 4 is 21.9 Å². The largest absolute Gasteiger partial charge is 1.00 e. The first-order valence-electron chi connectivity index (χ1n) is 5.09. The van der Waals surface area contributed by atoms with E-state index in [0.717, 1.165) is 10.6 Å². The molecule has 0 spiro atoms. The molecule has 0 bridgehead atoms. The van der Waals surface area contributed by atoms with Gasteiger partial charge in [-0.3, -0.25) is 0 Å². The van der Waals surface area contributed by atoms with E-state index in [0.29, 0.717) is 10.6 Å². The Hall–Kier alpha value is -0.500. The Morgan fingerprint density at radius 3 is 2.42 bits per heavy atom. The Labute approximate surface area is 137 Å². The van der Waals surface area contributed by atoms with Crippen molar-refractivity contribution in [2.45, 2.75) is 14.7 Å². The van der Waals surface area contributed by atoms with E-state index in [1.54, 1.807) is 0 Å². The Morgan fingerprint density at radius 1 is 1.00 bits per heavy atom. The molecule has 1 aliphatic rings. The van der Waals surface area contributed by atoms with Crippen LogP contribution in [-0.4, -0.2) is 13.0 Å². The molecule has 0 N–H and O–H groups in total. The van der Waals surface area contributed by atoms with Crippen molar-refractivity contribution in [1.29, 1.82) is 0 Å². The Kier molecular flexibility index (Phi) is 4.29. The van der Waals surface area contributed by atoms with E-state index in [9.17, 15) is 13.0 Å². The average molecular weight is 302 g/mol. The van der Waals surface area contributed by atoms with Gasteiger partial charge >= 0.3 is 29.6 Å². The summed E-state index contributed by atoms with van der Waals surface area (Å²) in [6.45, 7) is 0. The Bertz CT molecular complexity index is 728. The van der Waals surface area contributed by atoms with Gasteiger partial charge in [-0.15, -0.1) is 0 Å². The second-order valence-corrected chi connectivity index (χ2v) is 6.18. The van der Waals surface area contributed by atoms with Crippen LogP contribution in [0.25, 0.3) is 0 Å². The normalized spacial score (nSPS) is 12.7. The second-order valence-electron chi connectivity index (χ2n) is 3.71. The summed E-state index contributed by atoms with van der Waals surface area (Å²) in [7, 11) is -4.43. The molecule has 0 unspecified atom stereocenters. The van der Waals surface area contributed by atoms with Gasteiger partial charge < -0.3 is 9.29 Å². The first kappa shape index (κ1) is 14.9. The third-order valence-electron chi connectivity index (χ3n) is 2.49. The van der Waals surface area contributed by atoms with Gasteiger partial charge in [-0.25, -0.2) is 8.42 Å². The molecule has 0 aliphatic carbocycles. The number of hydrogen-bond acceptors (Lipinski definition) is 5. The van der Waals surface area contributed by atoms with Crippen LogP contribution in [-0.2, 0) is 10.1 Å². The van der Waals surface area contributed by atoms with Gasteiger partial charge in [-0.2, -0.15) is 0 Å². The molecule has 0 atom stereocenters. The van der Waals surface area contributed by atoms with E-state index in [2.05, 4.69) is 0 Å². The molecule has 19 heavy (non-hydrogen) atoms. The molecule has 0 aromatic heterocycles. The minimum atomic E-state index is -4.43. The van der Waals surface area contributed by atoms with Crippen LogP contribution in [0.5, 0.6) is 11.5 Å². The van der Waals surface area contributed by atoms with Gasteiger partial charge in [0.1, 0.15) is 21.6 Å². The van der Waals surface area contributed by atoms with Crippen LogP contribution in [0.1, 0.15) is 0 Å². The minimum absolute atomic E-state index is 0. The maximum absolute atomic E-state index is 11.0. The second kappa shape index (κ2) is 5.47. The maximum atomic E-state index is 11.0. The molecule has 0 saturated carbocycles. The summed E-state index contributed by atoms with van der Waals surface area (Å²) in [5.74, 6) is 1.29. The van der Waals surface area contributed by atoms with E-state index >= 15 is 0 Å². The first-order chi connectivity index (χ1) is 8.54. The zero-order valence-corrected chi connectivity index (χ0v) is 13.6. The predicted molar refractivity (Wildman–Crippen MR) is 65.0 cm³/mol. The van der Waals surface area contributed by atoms with Crippen molar-refractivity contribution in [3.8, 4) is 11.5 Å². The van der Waals surface area contributed by atoms with Crippen molar-refractivity contribution in [3.63, 3.8) is 0 Å². The summed E-state index contributed by atoms with van der Waals surface area (Å²) in [6, 6.07) is 11.6. The number of ether oxygens (including phenoxy) is 1. The minimum Gasteiger partial charge on any atom is -0.744 e. The third-order valence-corrected chi connectivity index (χ3v) is 4.42. The summed E-state index contributed by atoms with van der Waals surface area (Å²) in [6.07, 6.45) is 0. The maximum Gasteiger partial charge on any atom is 1.00 e. The van der Waals surface area contributed by atoms with Crippen LogP contribution < -0.4 is 34.3 Å². The van der Waals surface area contributed by atoms with Gasteiger partial charge in [0.05, 0.1) is 14.7 Å². The summed E-state index contributed by atoms with van der Waals surface area (Å²) in [5, 5.41) is 0. The third kappa shape index (κ3) is 2.99. The van der Waals surface area contributed by atoms with Gasteiger partial charge in [0, 0.05) is 0 Å². The molecule has 0 fully saturated rings. The summed E-state index contributed by atoms with van der Waals surface area (Å²) < 4.78 is 38.5. The number of benzene rings is 2. The number of hydrogen-bond donors (Lipinski definition) is 0. The molecule has 2 aromatic carbocycles. The zero-order chi connectivity index (χ0) is 12.8. The van der Waals surface area contributed by atoms with E-state index in [4.69, 9.17) is 4.74 Å². The van der Waals surface area contributed by atoms with Crippen molar-refractivity contribution in [3.05, 3.63) is 42.5 Å². The molecule has 0 saturated heterocycles. The van der Waals surface area contributed by atoms with Gasteiger partial charge in [0.15, 0.2) is 0 Å². The number of fused-ring (bicyclic) bond motifs is 2. The predicted octanol–water partition coefficient (Wildman–Crippen LogP) is -0.148. The number of rotatable bonds is 1. The Morgan fingerprint density at radius 2 is 1.68 bits per heavy atom. The SMILES string of the molecule is O=S(=O)([O-])c1ccc2c(c1)Sc1ccccc1O2.[Na+]. The molecule has 0 radical (unpaired) electrons. The summed E-state index contributed by atoms with van der Waals surface area (Å²) in [4.78, 5) is 1.29.